The van der Waals surface area contributed by atoms with Crippen molar-refractivity contribution in [1.82, 2.24) is 0 Å². The molecule has 0 aromatic heterocycles. The quantitative estimate of drug-likeness (QED) is 0.782. The highest BCUT2D eigenvalue weighted by molar-refractivity contribution is 9.10. The fourth-order valence-electron chi connectivity index (χ4n) is 2.09. The van der Waals surface area contributed by atoms with Gasteiger partial charge in [-0.1, -0.05) is 23.7 Å². The van der Waals surface area contributed by atoms with Gasteiger partial charge in [-0.3, -0.25) is 4.79 Å². The maximum atomic E-state index is 12.4. The SMILES string of the molecule is Cc1cc(C)c(NC(=O)c2cc(Cl)ccc2C)c(Br)c1. The number of anilines is 1. The first-order chi connectivity index (χ1) is 9.38. The molecular weight excluding hydrogens is 338 g/mol. The van der Waals surface area contributed by atoms with Gasteiger partial charge >= 0.3 is 0 Å². The first-order valence-corrected chi connectivity index (χ1v) is 7.40. The summed E-state index contributed by atoms with van der Waals surface area (Å²) in [4.78, 5) is 12.4. The van der Waals surface area contributed by atoms with Gasteiger partial charge in [0, 0.05) is 15.1 Å². The molecular formula is C16H15BrClNO. The van der Waals surface area contributed by atoms with E-state index in [9.17, 15) is 4.79 Å². The van der Waals surface area contributed by atoms with Gasteiger partial charge in [-0.25, -0.2) is 0 Å². The number of rotatable bonds is 2. The number of amides is 1. The minimum Gasteiger partial charge on any atom is -0.321 e. The van der Waals surface area contributed by atoms with Crippen LogP contribution in [0.2, 0.25) is 5.02 Å². The molecule has 1 N–H and O–H groups in total. The van der Waals surface area contributed by atoms with Gasteiger partial charge in [0.25, 0.3) is 5.91 Å². The number of hydrogen-bond donors (Lipinski definition) is 1. The zero-order chi connectivity index (χ0) is 14.9. The van der Waals surface area contributed by atoms with E-state index in [1.54, 1.807) is 12.1 Å². The molecule has 4 heteroatoms. The van der Waals surface area contributed by atoms with Crippen LogP contribution in [0.1, 0.15) is 27.0 Å². The van der Waals surface area contributed by atoms with Crippen LogP contribution in [-0.4, -0.2) is 5.91 Å². The molecule has 0 bridgehead atoms. The lowest BCUT2D eigenvalue weighted by molar-refractivity contribution is 0.102. The third-order valence-electron chi connectivity index (χ3n) is 3.11. The van der Waals surface area contributed by atoms with Crippen LogP contribution in [0.15, 0.2) is 34.8 Å². The highest BCUT2D eigenvalue weighted by Gasteiger charge is 2.13. The first-order valence-electron chi connectivity index (χ1n) is 6.22. The van der Waals surface area contributed by atoms with Gasteiger partial charge in [0.2, 0.25) is 0 Å². The molecule has 0 fully saturated rings. The summed E-state index contributed by atoms with van der Waals surface area (Å²) in [5, 5.41) is 3.50. The van der Waals surface area contributed by atoms with Crippen molar-refractivity contribution in [3.8, 4) is 0 Å². The van der Waals surface area contributed by atoms with E-state index in [2.05, 4.69) is 21.2 Å². The van der Waals surface area contributed by atoms with Crippen molar-refractivity contribution >= 4 is 39.1 Å². The van der Waals surface area contributed by atoms with Crippen molar-refractivity contribution in [3.63, 3.8) is 0 Å². The molecule has 104 valence electrons. The number of halogens is 2. The van der Waals surface area contributed by atoms with E-state index in [-0.39, 0.29) is 5.91 Å². The Morgan fingerprint density at radius 2 is 1.80 bits per heavy atom. The summed E-state index contributed by atoms with van der Waals surface area (Å²) in [5.74, 6) is -0.155. The van der Waals surface area contributed by atoms with Crippen molar-refractivity contribution < 1.29 is 4.79 Å². The van der Waals surface area contributed by atoms with Crippen LogP contribution in [0.5, 0.6) is 0 Å². The van der Waals surface area contributed by atoms with Crippen molar-refractivity contribution in [3.05, 3.63) is 62.1 Å². The van der Waals surface area contributed by atoms with Gasteiger partial charge in [0.1, 0.15) is 0 Å². The van der Waals surface area contributed by atoms with E-state index >= 15 is 0 Å². The van der Waals surface area contributed by atoms with Crippen LogP contribution >= 0.6 is 27.5 Å². The average molecular weight is 353 g/mol. The molecule has 0 spiro atoms. The summed E-state index contributed by atoms with van der Waals surface area (Å²) in [5.41, 5.74) is 4.44. The zero-order valence-corrected chi connectivity index (χ0v) is 13.9. The van der Waals surface area contributed by atoms with E-state index in [1.807, 2.05) is 39.0 Å². The monoisotopic (exact) mass is 351 g/mol. The Morgan fingerprint density at radius 1 is 1.10 bits per heavy atom. The van der Waals surface area contributed by atoms with Crippen LogP contribution in [-0.2, 0) is 0 Å². The smallest absolute Gasteiger partial charge is 0.256 e. The predicted molar refractivity (Wildman–Crippen MR) is 87.8 cm³/mol. The predicted octanol–water partition coefficient (Wildman–Crippen LogP) is 5.28. The molecule has 0 saturated carbocycles. The fourth-order valence-corrected chi connectivity index (χ4v) is 3.04. The van der Waals surface area contributed by atoms with Crippen molar-refractivity contribution in [2.75, 3.05) is 5.32 Å². The minimum absolute atomic E-state index is 0.155. The Bertz CT molecular complexity index is 659. The number of carbonyl (C=O) groups is 1. The van der Waals surface area contributed by atoms with E-state index < -0.39 is 0 Å². The van der Waals surface area contributed by atoms with Gasteiger partial charge < -0.3 is 5.32 Å². The molecule has 0 aliphatic carbocycles. The molecule has 0 aliphatic rings. The third-order valence-corrected chi connectivity index (χ3v) is 3.98. The standard InChI is InChI=1S/C16H15BrClNO/c1-9-6-11(3)15(14(17)7-9)19-16(20)13-8-12(18)5-4-10(13)2/h4-8H,1-3H3,(H,19,20). The first kappa shape index (κ1) is 15.1. The van der Waals surface area contributed by atoms with Crippen molar-refractivity contribution in [1.29, 1.82) is 0 Å². The second-order valence-electron chi connectivity index (χ2n) is 4.85. The number of hydrogen-bond acceptors (Lipinski definition) is 1. The van der Waals surface area contributed by atoms with Crippen LogP contribution in [0.4, 0.5) is 5.69 Å². The normalized spacial score (nSPS) is 10.4. The molecule has 1 amide bonds. The van der Waals surface area contributed by atoms with Gasteiger partial charge in [-0.05, 0) is 71.6 Å². The summed E-state index contributed by atoms with van der Waals surface area (Å²) in [6, 6.07) is 9.32. The van der Waals surface area contributed by atoms with E-state index in [0.717, 1.165) is 26.9 Å². The van der Waals surface area contributed by atoms with Crippen LogP contribution in [0.25, 0.3) is 0 Å². The second-order valence-corrected chi connectivity index (χ2v) is 6.14. The topological polar surface area (TPSA) is 29.1 Å². The zero-order valence-electron chi connectivity index (χ0n) is 11.6. The molecule has 0 atom stereocenters. The van der Waals surface area contributed by atoms with E-state index in [4.69, 9.17) is 11.6 Å². The number of aryl methyl sites for hydroxylation is 3. The van der Waals surface area contributed by atoms with Crippen LogP contribution < -0.4 is 5.32 Å². The number of benzene rings is 2. The highest BCUT2D eigenvalue weighted by atomic mass is 79.9. The molecule has 2 aromatic rings. The number of carbonyl (C=O) groups excluding carboxylic acids is 1. The van der Waals surface area contributed by atoms with Crippen LogP contribution in [0, 0.1) is 20.8 Å². The molecule has 0 saturated heterocycles. The highest BCUT2D eigenvalue weighted by Crippen LogP contribution is 2.28. The summed E-state index contributed by atoms with van der Waals surface area (Å²) in [6.45, 7) is 5.88. The Morgan fingerprint density at radius 3 is 2.45 bits per heavy atom. The number of nitrogens with one attached hydrogen (secondary N) is 1. The molecule has 2 aromatic carbocycles. The maximum absolute atomic E-state index is 12.4. The Kier molecular flexibility index (Phi) is 4.51. The maximum Gasteiger partial charge on any atom is 0.256 e. The molecule has 20 heavy (non-hydrogen) atoms. The van der Waals surface area contributed by atoms with Gasteiger partial charge in [-0.15, -0.1) is 0 Å². The lowest BCUT2D eigenvalue weighted by Crippen LogP contribution is -2.14. The van der Waals surface area contributed by atoms with Gasteiger partial charge in [0.15, 0.2) is 0 Å². The van der Waals surface area contributed by atoms with Crippen molar-refractivity contribution in [2.24, 2.45) is 0 Å². The largest absolute Gasteiger partial charge is 0.321 e. The molecule has 2 rings (SSSR count). The van der Waals surface area contributed by atoms with E-state index in [1.165, 1.54) is 0 Å². The summed E-state index contributed by atoms with van der Waals surface area (Å²) < 4.78 is 0.878. The Labute approximate surface area is 132 Å². The second kappa shape index (κ2) is 5.98. The molecule has 0 unspecified atom stereocenters. The molecule has 2 nitrogen and oxygen atoms in total. The molecule has 0 aliphatic heterocycles. The average Bonchev–Trinajstić information content (AvgIpc) is 2.36. The fraction of sp³-hybridized carbons (Fsp3) is 0.188. The summed E-state index contributed by atoms with van der Waals surface area (Å²) in [7, 11) is 0. The molecule has 0 radical (unpaired) electrons. The van der Waals surface area contributed by atoms with Crippen LogP contribution in [0.3, 0.4) is 0 Å². The lowest BCUT2D eigenvalue weighted by atomic mass is 10.1. The Hall–Kier alpha value is -1.32. The van der Waals surface area contributed by atoms with Gasteiger partial charge in [0.05, 0.1) is 5.69 Å². The lowest BCUT2D eigenvalue weighted by Gasteiger charge is -2.13. The van der Waals surface area contributed by atoms with E-state index in [0.29, 0.717) is 10.6 Å². The summed E-state index contributed by atoms with van der Waals surface area (Å²) in [6.07, 6.45) is 0. The summed E-state index contributed by atoms with van der Waals surface area (Å²) >= 11 is 9.45. The molecule has 0 heterocycles. The Balaban J connectivity index is 2.35. The minimum atomic E-state index is -0.155. The van der Waals surface area contributed by atoms with Gasteiger partial charge in [-0.2, -0.15) is 0 Å². The van der Waals surface area contributed by atoms with Crippen molar-refractivity contribution in [2.45, 2.75) is 20.8 Å². The third kappa shape index (κ3) is 3.22.